The van der Waals surface area contributed by atoms with Crippen molar-refractivity contribution in [1.82, 2.24) is 0 Å². The van der Waals surface area contributed by atoms with Crippen molar-refractivity contribution in [2.45, 2.75) is 65.1 Å². The molecule has 0 aromatic rings. The Morgan fingerprint density at radius 2 is 1.83 bits per heavy atom. The summed E-state index contributed by atoms with van der Waals surface area (Å²) in [4.78, 5) is 0. The van der Waals surface area contributed by atoms with Crippen LogP contribution >= 0.6 is 0 Å². The van der Waals surface area contributed by atoms with Gasteiger partial charge < -0.3 is 19.7 Å². The van der Waals surface area contributed by atoms with Gasteiger partial charge in [-0.05, 0) is 20.8 Å². The molecule has 0 aromatic carbocycles. The molecule has 0 amide bonds. The van der Waals surface area contributed by atoms with E-state index in [-0.39, 0.29) is 24.2 Å². The van der Waals surface area contributed by atoms with E-state index in [1.807, 2.05) is 46.8 Å². The summed E-state index contributed by atoms with van der Waals surface area (Å²) in [5.74, 6) is -0.692. The normalized spacial score (nSPS) is 29.9. The lowest BCUT2D eigenvalue weighted by atomic mass is 9.82. The van der Waals surface area contributed by atoms with E-state index in [2.05, 4.69) is 0 Å². The number of hydrogen-bond acceptors (Lipinski definition) is 4. The van der Waals surface area contributed by atoms with Gasteiger partial charge in [-0.25, -0.2) is 0 Å². The van der Waals surface area contributed by atoms with Gasteiger partial charge in [0, 0.05) is 11.8 Å². The summed E-state index contributed by atoms with van der Waals surface area (Å²) in [7, 11) is 0. The van der Waals surface area contributed by atoms with Gasteiger partial charge in [-0.15, -0.1) is 0 Å². The molecule has 0 saturated carbocycles. The Morgan fingerprint density at radius 1 is 1.28 bits per heavy atom. The van der Waals surface area contributed by atoms with Crippen molar-refractivity contribution in [2.75, 3.05) is 6.61 Å². The van der Waals surface area contributed by atoms with Crippen LogP contribution in [0.2, 0.25) is 0 Å². The molecule has 1 fully saturated rings. The first kappa shape index (κ1) is 15.6. The Hall–Kier alpha value is -0.420. The fourth-order valence-electron chi connectivity index (χ4n) is 2.33. The molecule has 1 aliphatic rings. The van der Waals surface area contributed by atoms with E-state index >= 15 is 0 Å². The van der Waals surface area contributed by atoms with Crippen LogP contribution in [-0.2, 0) is 9.47 Å². The standard InChI is InChI=1S/C14H26O4/c1-6-7-13(2,3)12(16)8-10-11(9-15)18-14(4,5)17-10/h6-7,10-12,15-16H,8-9H2,1-5H3/b7-6+/t10-,11+,12+/m0/s1. The molecule has 2 N–H and O–H groups in total. The number of rotatable bonds is 5. The summed E-state index contributed by atoms with van der Waals surface area (Å²) in [6.07, 6.45) is 3.19. The molecule has 4 heteroatoms. The second-order valence-electron chi connectivity index (χ2n) is 5.97. The van der Waals surface area contributed by atoms with Crippen LogP contribution in [0.3, 0.4) is 0 Å². The van der Waals surface area contributed by atoms with Crippen LogP contribution in [0.1, 0.15) is 41.0 Å². The molecule has 0 unspecified atom stereocenters. The van der Waals surface area contributed by atoms with E-state index in [0.717, 1.165) is 0 Å². The van der Waals surface area contributed by atoms with Crippen molar-refractivity contribution in [3.63, 3.8) is 0 Å². The van der Waals surface area contributed by atoms with Gasteiger partial charge in [0.05, 0.1) is 18.8 Å². The second-order valence-corrected chi connectivity index (χ2v) is 5.97. The van der Waals surface area contributed by atoms with Gasteiger partial charge in [-0.3, -0.25) is 0 Å². The first-order valence-electron chi connectivity index (χ1n) is 6.50. The van der Waals surface area contributed by atoms with E-state index < -0.39 is 11.9 Å². The third-order valence-electron chi connectivity index (χ3n) is 3.38. The summed E-state index contributed by atoms with van der Waals surface area (Å²) in [5.41, 5.74) is -0.315. The highest BCUT2D eigenvalue weighted by molar-refractivity contribution is 4.99. The number of aliphatic hydroxyl groups excluding tert-OH is 2. The highest BCUT2D eigenvalue weighted by atomic mass is 16.8. The maximum Gasteiger partial charge on any atom is 0.163 e. The fraction of sp³-hybridized carbons (Fsp3) is 0.857. The van der Waals surface area contributed by atoms with Crippen molar-refractivity contribution in [3.05, 3.63) is 12.2 Å². The van der Waals surface area contributed by atoms with Crippen molar-refractivity contribution in [3.8, 4) is 0 Å². The molecule has 0 aliphatic carbocycles. The largest absolute Gasteiger partial charge is 0.394 e. The van der Waals surface area contributed by atoms with Gasteiger partial charge in [0.25, 0.3) is 0 Å². The number of aliphatic hydroxyl groups is 2. The molecule has 18 heavy (non-hydrogen) atoms. The Kier molecular flexibility index (Phi) is 4.95. The minimum atomic E-state index is -0.692. The lowest BCUT2D eigenvalue weighted by Gasteiger charge is -2.30. The zero-order valence-electron chi connectivity index (χ0n) is 12.0. The highest BCUT2D eigenvalue weighted by Crippen LogP contribution is 2.34. The third kappa shape index (κ3) is 3.79. The monoisotopic (exact) mass is 258 g/mol. The highest BCUT2D eigenvalue weighted by Gasteiger charge is 2.43. The molecule has 0 spiro atoms. The van der Waals surface area contributed by atoms with Crippen molar-refractivity contribution >= 4 is 0 Å². The zero-order valence-corrected chi connectivity index (χ0v) is 12.0. The van der Waals surface area contributed by atoms with Crippen molar-refractivity contribution in [2.24, 2.45) is 5.41 Å². The molecule has 0 aromatic heterocycles. The lowest BCUT2D eigenvalue weighted by molar-refractivity contribution is -0.151. The Morgan fingerprint density at radius 3 is 2.33 bits per heavy atom. The van der Waals surface area contributed by atoms with E-state index in [0.29, 0.717) is 6.42 Å². The first-order chi connectivity index (χ1) is 8.22. The van der Waals surface area contributed by atoms with Crippen molar-refractivity contribution in [1.29, 1.82) is 0 Å². The molecule has 106 valence electrons. The Labute approximate surface area is 110 Å². The second kappa shape index (κ2) is 5.70. The van der Waals surface area contributed by atoms with Crippen LogP contribution in [0.25, 0.3) is 0 Å². The fourth-order valence-corrected chi connectivity index (χ4v) is 2.33. The molecule has 1 heterocycles. The van der Waals surface area contributed by atoms with Gasteiger partial charge in [0.15, 0.2) is 5.79 Å². The smallest absolute Gasteiger partial charge is 0.163 e. The van der Waals surface area contributed by atoms with Gasteiger partial charge in [0.2, 0.25) is 0 Å². The summed E-state index contributed by atoms with van der Waals surface area (Å²) >= 11 is 0. The molecule has 0 radical (unpaired) electrons. The summed E-state index contributed by atoms with van der Waals surface area (Å²) < 4.78 is 11.3. The molecule has 0 bridgehead atoms. The van der Waals surface area contributed by atoms with Gasteiger partial charge in [-0.2, -0.15) is 0 Å². The SMILES string of the molecule is C/C=C/C(C)(C)[C@H](O)C[C@@H]1OC(C)(C)O[C@@H]1CO. The number of ether oxygens (including phenoxy) is 2. The van der Waals surface area contributed by atoms with Gasteiger partial charge >= 0.3 is 0 Å². The van der Waals surface area contributed by atoms with E-state index in [9.17, 15) is 10.2 Å². The maximum atomic E-state index is 10.3. The average Bonchev–Trinajstić information content (AvgIpc) is 2.53. The van der Waals surface area contributed by atoms with Crippen LogP contribution in [0.5, 0.6) is 0 Å². The van der Waals surface area contributed by atoms with Crippen LogP contribution in [0, 0.1) is 5.41 Å². The minimum Gasteiger partial charge on any atom is -0.394 e. The van der Waals surface area contributed by atoms with Crippen LogP contribution < -0.4 is 0 Å². The molecule has 3 atom stereocenters. The van der Waals surface area contributed by atoms with Crippen LogP contribution in [0.15, 0.2) is 12.2 Å². The van der Waals surface area contributed by atoms with Crippen molar-refractivity contribution < 1.29 is 19.7 Å². The zero-order chi connectivity index (χ0) is 14.0. The number of hydrogen-bond donors (Lipinski definition) is 2. The Balaban J connectivity index is 2.67. The predicted octanol–water partition coefficient (Wildman–Crippen LogP) is 1.85. The van der Waals surface area contributed by atoms with Crippen LogP contribution in [-0.4, -0.2) is 40.9 Å². The molecule has 4 nitrogen and oxygen atoms in total. The Bertz CT molecular complexity index is 296. The predicted molar refractivity (Wildman–Crippen MR) is 70.1 cm³/mol. The maximum absolute atomic E-state index is 10.3. The lowest BCUT2D eigenvalue weighted by Crippen LogP contribution is -2.36. The summed E-state index contributed by atoms with van der Waals surface area (Å²) in [5, 5.41) is 19.6. The molecule has 1 saturated heterocycles. The quantitative estimate of drug-likeness (QED) is 0.739. The topological polar surface area (TPSA) is 58.9 Å². The van der Waals surface area contributed by atoms with E-state index in [1.54, 1.807) is 0 Å². The number of allylic oxidation sites excluding steroid dienone is 1. The molecule has 1 aliphatic heterocycles. The minimum absolute atomic E-state index is 0.0924. The molecular formula is C14H26O4. The first-order valence-corrected chi connectivity index (χ1v) is 6.50. The summed E-state index contributed by atoms with van der Waals surface area (Å²) in [6.45, 7) is 9.44. The summed E-state index contributed by atoms with van der Waals surface area (Å²) in [6, 6.07) is 0. The molecular weight excluding hydrogens is 232 g/mol. The molecule has 1 rings (SSSR count). The third-order valence-corrected chi connectivity index (χ3v) is 3.38. The average molecular weight is 258 g/mol. The van der Waals surface area contributed by atoms with Crippen LogP contribution in [0.4, 0.5) is 0 Å². The van der Waals surface area contributed by atoms with Gasteiger partial charge in [0.1, 0.15) is 6.10 Å². The van der Waals surface area contributed by atoms with E-state index in [4.69, 9.17) is 9.47 Å². The van der Waals surface area contributed by atoms with Gasteiger partial charge in [-0.1, -0.05) is 26.0 Å². The van der Waals surface area contributed by atoms with E-state index in [1.165, 1.54) is 0 Å².